The number of thioether (sulfide) groups is 1. The lowest BCUT2D eigenvalue weighted by atomic mass is 10.0. The molecule has 4 rings (SSSR count). The molecule has 0 saturated carbocycles. The molecule has 0 bridgehead atoms. The summed E-state index contributed by atoms with van der Waals surface area (Å²) in [6.07, 6.45) is 0. The Morgan fingerprint density at radius 3 is 2.27 bits per heavy atom. The van der Waals surface area contributed by atoms with E-state index in [1.54, 1.807) is 12.1 Å². The van der Waals surface area contributed by atoms with Gasteiger partial charge in [-0.3, -0.25) is 9.59 Å². The van der Waals surface area contributed by atoms with E-state index in [2.05, 4.69) is 0 Å². The standard InChI is InChI=1S/C24H17F2NO2S/c1-15-7-9-17(10-8-15)21-22(30-14-16-5-3-2-4-6-16)24(29)27(23(21)28)20-13-18(25)11-12-19(20)26/h2-13H,14H2,1H3. The summed E-state index contributed by atoms with van der Waals surface area (Å²) < 4.78 is 28.1. The molecule has 6 heteroatoms. The average molecular weight is 421 g/mol. The fourth-order valence-corrected chi connectivity index (χ4v) is 4.29. The molecule has 0 aromatic heterocycles. The lowest BCUT2D eigenvalue weighted by molar-refractivity contribution is -0.119. The van der Waals surface area contributed by atoms with Crippen molar-refractivity contribution >= 4 is 34.8 Å². The Morgan fingerprint density at radius 1 is 0.867 bits per heavy atom. The fraction of sp³-hybridized carbons (Fsp3) is 0.0833. The van der Waals surface area contributed by atoms with Crippen molar-refractivity contribution in [1.82, 2.24) is 0 Å². The number of carbonyl (C=O) groups is 2. The predicted octanol–water partition coefficient (Wildman–Crippen LogP) is 5.49. The van der Waals surface area contributed by atoms with Crippen molar-refractivity contribution in [3.8, 4) is 0 Å². The predicted molar refractivity (Wildman–Crippen MR) is 115 cm³/mol. The molecule has 2 amide bonds. The minimum atomic E-state index is -0.837. The van der Waals surface area contributed by atoms with E-state index in [1.807, 2.05) is 49.4 Å². The largest absolute Gasteiger partial charge is 0.272 e. The van der Waals surface area contributed by atoms with E-state index >= 15 is 0 Å². The number of imide groups is 1. The van der Waals surface area contributed by atoms with Crippen molar-refractivity contribution in [2.24, 2.45) is 0 Å². The molecule has 0 saturated heterocycles. The number of halogens is 2. The van der Waals surface area contributed by atoms with Gasteiger partial charge in [-0.2, -0.15) is 0 Å². The number of carbonyl (C=O) groups excluding carboxylic acids is 2. The van der Waals surface area contributed by atoms with Crippen LogP contribution in [0.25, 0.3) is 5.57 Å². The molecule has 30 heavy (non-hydrogen) atoms. The van der Waals surface area contributed by atoms with Crippen molar-refractivity contribution in [3.05, 3.63) is 106 Å². The normalized spacial score (nSPS) is 14.0. The molecule has 150 valence electrons. The fourth-order valence-electron chi connectivity index (χ4n) is 3.22. The van der Waals surface area contributed by atoms with Crippen LogP contribution in [0.4, 0.5) is 14.5 Å². The number of nitrogens with zero attached hydrogens (tertiary/aromatic N) is 1. The molecule has 0 unspecified atom stereocenters. The maximum Gasteiger partial charge on any atom is 0.272 e. The van der Waals surface area contributed by atoms with E-state index in [0.717, 1.165) is 34.2 Å². The van der Waals surface area contributed by atoms with Gasteiger partial charge in [0, 0.05) is 11.8 Å². The second-order valence-corrected chi connectivity index (χ2v) is 7.87. The van der Waals surface area contributed by atoms with Crippen molar-refractivity contribution in [1.29, 1.82) is 0 Å². The zero-order valence-electron chi connectivity index (χ0n) is 16.1. The smallest absolute Gasteiger partial charge is 0.268 e. The third-order valence-corrected chi connectivity index (χ3v) is 5.90. The summed E-state index contributed by atoms with van der Waals surface area (Å²) in [5, 5.41) is 0. The Labute approximate surface area is 177 Å². The summed E-state index contributed by atoms with van der Waals surface area (Å²) in [6, 6.07) is 19.4. The maximum absolute atomic E-state index is 14.4. The van der Waals surface area contributed by atoms with Crippen molar-refractivity contribution < 1.29 is 18.4 Å². The van der Waals surface area contributed by atoms with Gasteiger partial charge in [0.1, 0.15) is 11.6 Å². The van der Waals surface area contributed by atoms with E-state index in [1.165, 1.54) is 11.8 Å². The number of hydrogen-bond acceptors (Lipinski definition) is 3. The van der Waals surface area contributed by atoms with Gasteiger partial charge in [-0.1, -0.05) is 60.2 Å². The minimum absolute atomic E-state index is 0.199. The van der Waals surface area contributed by atoms with E-state index in [0.29, 0.717) is 11.3 Å². The molecule has 0 atom stereocenters. The highest BCUT2D eigenvalue weighted by Gasteiger charge is 2.41. The van der Waals surface area contributed by atoms with Crippen molar-refractivity contribution in [2.75, 3.05) is 4.90 Å². The number of hydrogen-bond donors (Lipinski definition) is 0. The van der Waals surface area contributed by atoms with Gasteiger partial charge in [-0.15, -0.1) is 11.8 Å². The van der Waals surface area contributed by atoms with Gasteiger partial charge < -0.3 is 0 Å². The minimum Gasteiger partial charge on any atom is -0.268 e. The van der Waals surface area contributed by atoms with Gasteiger partial charge in [0.2, 0.25) is 0 Å². The zero-order chi connectivity index (χ0) is 21.3. The second kappa shape index (κ2) is 8.24. The molecule has 1 heterocycles. The van der Waals surface area contributed by atoms with Gasteiger partial charge in [0.25, 0.3) is 11.8 Å². The number of benzene rings is 3. The Bertz CT molecular complexity index is 1160. The first kappa shape index (κ1) is 20.0. The third-order valence-electron chi connectivity index (χ3n) is 4.76. The topological polar surface area (TPSA) is 37.4 Å². The Kier molecular flexibility index (Phi) is 5.50. The van der Waals surface area contributed by atoms with Crippen LogP contribution in [0.2, 0.25) is 0 Å². The monoisotopic (exact) mass is 421 g/mol. The number of rotatable bonds is 5. The second-order valence-electron chi connectivity index (χ2n) is 6.89. The zero-order valence-corrected chi connectivity index (χ0v) is 16.9. The highest BCUT2D eigenvalue weighted by molar-refractivity contribution is 8.03. The van der Waals surface area contributed by atoms with E-state index in [9.17, 15) is 18.4 Å². The third kappa shape index (κ3) is 3.78. The molecule has 0 spiro atoms. The molecule has 3 nitrogen and oxygen atoms in total. The van der Waals surface area contributed by atoms with E-state index in [-0.39, 0.29) is 16.2 Å². The van der Waals surface area contributed by atoms with Crippen LogP contribution >= 0.6 is 11.8 Å². The van der Waals surface area contributed by atoms with Gasteiger partial charge in [-0.25, -0.2) is 13.7 Å². The van der Waals surface area contributed by atoms with Crippen LogP contribution in [-0.2, 0) is 15.3 Å². The van der Waals surface area contributed by atoms with Crippen LogP contribution in [-0.4, -0.2) is 11.8 Å². The van der Waals surface area contributed by atoms with Crippen LogP contribution < -0.4 is 4.90 Å². The summed E-state index contributed by atoms with van der Waals surface area (Å²) in [5.74, 6) is -2.42. The summed E-state index contributed by atoms with van der Waals surface area (Å²) >= 11 is 1.22. The van der Waals surface area contributed by atoms with E-state index in [4.69, 9.17) is 0 Å². The molecule has 3 aromatic rings. The molecule has 1 aliphatic rings. The van der Waals surface area contributed by atoms with Crippen LogP contribution in [0.1, 0.15) is 16.7 Å². The molecule has 0 fully saturated rings. The van der Waals surface area contributed by atoms with Crippen LogP contribution in [0.15, 0.2) is 77.7 Å². The molecule has 0 N–H and O–H groups in total. The van der Waals surface area contributed by atoms with Gasteiger partial charge in [0.05, 0.1) is 16.2 Å². The Morgan fingerprint density at radius 2 is 1.57 bits per heavy atom. The van der Waals surface area contributed by atoms with Gasteiger partial charge >= 0.3 is 0 Å². The molecule has 3 aromatic carbocycles. The molecular weight excluding hydrogens is 404 g/mol. The summed E-state index contributed by atoms with van der Waals surface area (Å²) in [5.41, 5.74) is 2.36. The number of aryl methyl sites for hydroxylation is 1. The first-order valence-electron chi connectivity index (χ1n) is 9.27. The lowest BCUT2D eigenvalue weighted by Crippen LogP contribution is -2.32. The summed E-state index contributed by atoms with van der Waals surface area (Å²) in [4.78, 5) is 27.4. The first-order chi connectivity index (χ1) is 14.5. The molecular formula is C24H17F2NO2S. The van der Waals surface area contributed by atoms with Crippen molar-refractivity contribution in [2.45, 2.75) is 12.7 Å². The lowest BCUT2D eigenvalue weighted by Gasteiger charge is -2.16. The van der Waals surface area contributed by atoms with E-state index < -0.39 is 23.4 Å². The van der Waals surface area contributed by atoms with Crippen LogP contribution in [0, 0.1) is 18.6 Å². The summed E-state index contributed by atoms with van der Waals surface area (Å²) in [6.45, 7) is 1.92. The Balaban J connectivity index is 1.77. The molecule has 0 radical (unpaired) electrons. The van der Waals surface area contributed by atoms with Gasteiger partial charge in [-0.05, 0) is 30.2 Å². The number of anilines is 1. The molecule has 0 aliphatic carbocycles. The van der Waals surface area contributed by atoms with Crippen LogP contribution in [0.3, 0.4) is 0 Å². The van der Waals surface area contributed by atoms with Crippen molar-refractivity contribution in [3.63, 3.8) is 0 Å². The first-order valence-corrected chi connectivity index (χ1v) is 10.3. The maximum atomic E-state index is 14.4. The summed E-state index contributed by atoms with van der Waals surface area (Å²) in [7, 11) is 0. The highest BCUT2D eigenvalue weighted by Crippen LogP contribution is 2.40. The molecule has 1 aliphatic heterocycles. The highest BCUT2D eigenvalue weighted by atomic mass is 32.2. The SMILES string of the molecule is Cc1ccc(C2=C(SCc3ccccc3)C(=O)N(c3cc(F)ccc3F)C2=O)cc1. The number of amides is 2. The average Bonchev–Trinajstić information content (AvgIpc) is 2.99. The Hall–Kier alpha value is -3.25. The quantitative estimate of drug-likeness (QED) is 0.511. The van der Waals surface area contributed by atoms with Gasteiger partial charge in [0.15, 0.2) is 0 Å². The van der Waals surface area contributed by atoms with Crippen LogP contribution in [0.5, 0.6) is 0 Å².